The monoisotopic (exact) mass is 328 g/mol. The van der Waals surface area contributed by atoms with Gasteiger partial charge in [0, 0.05) is 25.7 Å². The van der Waals surface area contributed by atoms with Crippen molar-refractivity contribution in [3.05, 3.63) is 54.1 Å². The van der Waals surface area contributed by atoms with Gasteiger partial charge in [-0.3, -0.25) is 4.90 Å². The lowest BCUT2D eigenvalue weighted by Gasteiger charge is -2.34. The van der Waals surface area contributed by atoms with Crippen molar-refractivity contribution in [1.29, 1.82) is 0 Å². The Morgan fingerprint density at radius 1 is 1.12 bits per heavy atom. The van der Waals surface area contributed by atoms with Gasteiger partial charge in [0.25, 0.3) is 0 Å². The van der Waals surface area contributed by atoms with E-state index in [1.54, 1.807) is 7.11 Å². The third-order valence-electron chi connectivity index (χ3n) is 4.32. The van der Waals surface area contributed by atoms with E-state index in [0.29, 0.717) is 6.54 Å². The van der Waals surface area contributed by atoms with Crippen molar-refractivity contribution in [2.45, 2.75) is 25.1 Å². The Morgan fingerprint density at radius 2 is 1.88 bits per heavy atom. The highest BCUT2D eigenvalue weighted by Crippen LogP contribution is 2.25. The zero-order chi connectivity index (χ0) is 16.9. The average molecular weight is 328 g/mol. The Labute approximate surface area is 142 Å². The molecule has 1 saturated heterocycles. The Hall–Kier alpha value is -2.08. The summed E-state index contributed by atoms with van der Waals surface area (Å²) in [5.74, 6) is 2.37. The molecule has 0 saturated carbocycles. The number of β-amino-alcohol motifs (C(OH)–C–C–N with tert-alkyl or cyclic N) is 1. The minimum Gasteiger partial charge on any atom is -0.497 e. The number of aliphatic hydroxyl groups excluding tert-OH is 1. The van der Waals surface area contributed by atoms with E-state index in [2.05, 4.69) is 11.0 Å². The summed E-state index contributed by atoms with van der Waals surface area (Å²) in [5, 5.41) is 9.92. The van der Waals surface area contributed by atoms with Gasteiger partial charge in [-0.05, 0) is 48.4 Å². The topological polar surface area (TPSA) is 68.0 Å². The normalized spacial score (nSPS) is 21.5. The maximum absolute atomic E-state index is 9.92. The van der Waals surface area contributed by atoms with Crippen LogP contribution in [0.4, 0.5) is 0 Å². The van der Waals surface area contributed by atoms with Gasteiger partial charge in [0.15, 0.2) is 0 Å². The number of piperidine rings is 1. The molecular weight excluding hydrogens is 304 g/mol. The molecular formula is C19H24N2O3. The van der Waals surface area contributed by atoms with E-state index >= 15 is 0 Å². The van der Waals surface area contributed by atoms with E-state index in [0.717, 1.165) is 42.3 Å². The number of ether oxygens (including phenoxy) is 2. The van der Waals surface area contributed by atoms with Gasteiger partial charge >= 0.3 is 0 Å². The molecule has 1 aliphatic heterocycles. The quantitative estimate of drug-likeness (QED) is 0.882. The highest BCUT2D eigenvalue weighted by molar-refractivity contribution is 5.36. The van der Waals surface area contributed by atoms with Crippen LogP contribution in [0.15, 0.2) is 48.5 Å². The van der Waals surface area contributed by atoms with Crippen LogP contribution in [-0.4, -0.2) is 42.4 Å². The number of hydrogen-bond donors (Lipinski definition) is 2. The largest absolute Gasteiger partial charge is 0.497 e. The van der Waals surface area contributed by atoms with Crippen LogP contribution in [0, 0.1) is 0 Å². The third kappa shape index (κ3) is 4.26. The molecule has 0 aliphatic carbocycles. The lowest BCUT2D eigenvalue weighted by molar-refractivity contribution is 0.0499. The van der Waals surface area contributed by atoms with Gasteiger partial charge in [-0.25, -0.2) is 0 Å². The number of benzene rings is 2. The van der Waals surface area contributed by atoms with Gasteiger partial charge in [0.1, 0.15) is 17.2 Å². The summed E-state index contributed by atoms with van der Waals surface area (Å²) in [5.41, 5.74) is 7.02. The summed E-state index contributed by atoms with van der Waals surface area (Å²) in [6.07, 6.45) is 0.376. The standard InChI is InChI=1S/C19H24N2O3/c1-23-15-5-7-16(8-6-15)24-17-4-2-3-14(11-17)12-21-10-9-18(20)19(22)13-21/h2-8,11,18-19,22H,9-10,12-13,20H2,1H3. The first kappa shape index (κ1) is 16.8. The van der Waals surface area contributed by atoms with E-state index in [-0.39, 0.29) is 6.04 Å². The number of aliphatic hydroxyl groups is 1. The summed E-state index contributed by atoms with van der Waals surface area (Å²) >= 11 is 0. The fourth-order valence-corrected chi connectivity index (χ4v) is 2.90. The summed E-state index contributed by atoms with van der Waals surface area (Å²) in [4.78, 5) is 2.22. The van der Waals surface area contributed by atoms with Crippen molar-refractivity contribution in [2.75, 3.05) is 20.2 Å². The second-order valence-electron chi connectivity index (χ2n) is 6.18. The van der Waals surface area contributed by atoms with Gasteiger partial charge in [-0.2, -0.15) is 0 Å². The van der Waals surface area contributed by atoms with Crippen LogP contribution in [0.1, 0.15) is 12.0 Å². The molecule has 1 aliphatic rings. The van der Waals surface area contributed by atoms with E-state index in [1.807, 2.05) is 42.5 Å². The van der Waals surface area contributed by atoms with E-state index in [1.165, 1.54) is 0 Å². The molecule has 2 aromatic carbocycles. The molecule has 2 unspecified atom stereocenters. The average Bonchev–Trinajstić information content (AvgIpc) is 2.59. The minimum absolute atomic E-state index is 0.106. The summed E-state index contributed by atoms with van der Waals surface area (Å²) in [7, 11) is 1.64. The first-order chi connectivity index (χ1) is 11.6. The minimum atomic E-state index is -0.447. The lowest BCUT2D eigenvalue weighted by Crippen LogP contribution is -2.50. The Balaban J connectivity index is 1.63. The van der Waals surface area contributed by atoms with E-state index in [9.17, 15) is 5.11 Å². The number of nitrogens with two attached hydrogens (primary N) is 1. The number of hydrogen-bond acceptors (Lipinski definition) is 5. The number of methoxy groups -OCH3 is 1. The van der Waals surface area contributed by atoms with Crippen molar-refractivity contribution in [2.24, 2.45) is 5.73 Å². The van der Waals surface area contributed by atoms with Gasteiger partial charge < -0.3 is 20.3 Å². The lowest BCUT2D eigenvalue weighted by atomic mass is 10.0. The molecule has 3 N–H and O–H groups in total. The van der Waals surface area contributed by atoms with Crippen LogP contribution >= 0.6 is 0 Å². The molecule has 1 fully saturated rings. The fourth-order valence-electron chi connectivity index (χ4n) is 2.90. The van der Waals surface area contributed by atoms with Gasteiger partial charge in [0.2, 0.25) is 0 Å². The maximum atomic E-state index is 9.92. The van der Waals surface area contributed by atoms with Crippen LogP contribution in [0.5, 0.6) is 17.2 Å². The number of rotatable bonds is 5. The smallest absolute Gasteiger partial charge is 0.127 e. The third-order valence-corrected chi connectivity index (χ3v) is 4.32. The van der Waals surface area contributed by atoms with Crippen LogP contribution in [0.25, 0.3) is 0 Å². The molecule has 5 heteroatoms. The fraction of sp³-hybridized carbons (Fsp3) is 0.368. The molecule has 5 nitrogen and oxygen atoms in total. The zero-order valence-electron chi connectivity index (χ0n) is 13.9. The van der Waals surface area contributed by atoms with Crippen LogP contribution in [-0.2, 0) is 6.54 Å². The molecule has 2 aromatic rings. The molecule has 1 heterocycles. The van der Waals surface area contributed by atoms with Gasteiger partial charge in [-0.15, -0.1) is 0 Å². The van der Waals surface area contributed by atoms with Gasteiger partial charge in [0.05, 0.1) is 13.2 Å². The van der Waals surface area contributed by atoms with E-state index < -0.39 is 6.10 Å². The molecule has 3 rings (SSSR count). The van der Waals surface area contributed by atoms with Crippen molar-refractivity contribution in [1.82, 2.24) is 4.90 Å². The Bertz CT molecular complexity index is 660. The number of likely N-dealkylation sites (tertiary alicyclic amines) is 1. The summed E-state index contributed by atoms with van der Waals surface area (Å²) in [6.45, 7) is 2.30. The summed E-state index contributed by atoms with van der Waals surface area (Å²) in [6, 6.07) is 15.4. The molecule has 0 radical (unpaired) electrons. The highest BCUT2D eigenvalue weighted by atomic mass is 16.5. The molecule has 0 aromatic heterocycles. The van der Waals surface area contributed by atoms with Crippen molar-refractivity contribution in [3.8, 4) is 17.2 Å². The molecule has 0 amide bonds. The maximum Gasteiger partial charge on any atom is 0.127 e. The highest BCUT2D eigenvalue weighted by Gasteiger charge is 2.24. The van der Waals surface area contributed by atoms with Crippen LogP contribution in [0.2, 0.25) is 0 Å². The van der Waals surface area contributed by atoms with E-state index in [4.69, 9.17) is 15.2 Å². The second kappa shape index (κ2) is 7.66. The second-order valence-corrected chi connectivity index (χ2v) is 6.18. The summed E-state index contributed by atoms with van der Waals surface area (Å²) < 4.78 is 11.1. The predicted molar refractivity (Wildman–Crippen MR) is 93.4 cm³/mol. The van der Waals surface area contributed by atoms with Crippen LogP contribution < -0.4 is 15.2 Å². The SMILES string of the molecule is COc1ccc(Oc2cccc(CN3CCC(N)C(O)C3)c2)cc1. The van der Waals surface area contributed by atoms with Gasteiger partial charge in [-0.1, -0.05) is 12.1 Å². The first-order valence-electron chi connectivity index (χ1n) is 8.21. The Morgan fingerprint density at radius 3 is 2.58 bits per heavy atom. The molecule has 2 atom stereocenters. The molecule has 128 valence electrons. The molecule has 0 spiro atoms. The Kier molecular flexibility index (Phi) is 5.35. The first-order valence-corrected chi connectivity index (χ1v) is 8.21. The van der Waals surface area contributed by atoms with Crippen molar-refractivity contribution < 1.29 is 14.6 Å². The predicted octanol–water partition coefficient (Wildman–Crippen LogP) is 2.38. The molecule has 24 heavy (non-hydrogen) atoms. The number of nitrogens with zero attached hydrogens (tertiary/aromatic N) is 1. The van der Waals surface area contributed by atoms with Crippen LogP contribution in [0.3, 0.4) is 0 Å². The zero-order valence-corrected chi connectivity index (χ0v) is 13.9. The molecule has 0 bridgehead atoms. The van der Waals surface area contributed by atoms with Crippen molar-refractivity contribution in [3.63, 3.8) is 0 Å². The van der Waals surface area contributed by atoms with Crippen molar-refractivity contribution >= 4 is 0 Å².